The molecular weight excluding hydrogens is 314 g/mol. The number of benzene rings is 1. The maximum Gasteiger partial charge on any atom is 0.162 e. The van der Waals surface area contributed by atoms with Gasteiger partial charge in [-0.25, -0.2) is 8.78 Å². The van der Waals surface area contributed by atoms with E-state index in [2.05, 4.69) is 6.92 Å². The molecule has 0 heterocycles. The van der Waals surface area contributed by atoms with Crippen molar-refractivity contribution in [3.63, 3.8) is 0 Å². The van der Waals surface area contributed by atoms with E-state index in [1.54, 1.807) is 6.07 Å². The molecule has 0 radical (unpaired) electrons. The fraction of sp³-hybridized carbons (Fsp3) is 0.739. The molecule has 1 aromatic rings. The quantitative estimate of drug-likeness (QED) is 0.520. The summed E-state index contributed by atoms with van der Waals surface area (Å²) in [6, 6.07) is 3.08. The molecule has 0 spiro atoms. The van der Waals surface area contributed by atoms with Gasteiger partial charge in [0.05, 0.1) is 0 Å². The van der Waals surface area contributed by atoms with Crippen molar-refractivity contribution in [2.45, 2.75) is 90.4 Å². The van der Waals surface area contributed by atoms with Gasteiger partial charge in [0.1, 0.15) is 0 Å². The Morgan fingerprint density at radius 1 is 0.840 bits per heavy atom. The van der Waals surface area contributed by atoms with Crippen LogP contribution in [0.2, 0.25) is 0 Å². The summed E-state index contributed by atoms with van der Waals surface area (Å²) in [4.78, 5) is 0. The Kier molecular flexibility index (Phi) is 6.52. The molecule has 0 bridgehead atoms. The Morgan fingerprint density at radius 2 is 1.44 bits per heavy atom. The van der Waals surface area contributed by atoms with Gasteiger partial charge in [0.2, 0.25) is 0 Å². The molecule has 0 amide bonds. The topological polar surface area (TPSA) is 0 Å². The largest absolute Gasteiger partial charge is 0.204 e. The molecule has 1 aromatic carbocycles. The molecule has 2 saturated carbocycles. The number of hydrogen-bond donors (Lipinski definition) is 0. The van der Waals surface area contributed by atoms with E-state index in [0.717, 1.165) is 42.6 Å². The van der Waals surface area contributed by atoms with E-state index in [1.807, 2.05) is 6.92 Å². The molecule has 0 unspecified atom stereocenters. The van der Waals surface area contributed by atoms with Crippen LogP contribution in [-0.2, 0) is 6.42 Å². The third-order valence-corrected chi connectivity index (χ3v) is 7.04. The van der Waals surface area contributed by atoms with Gasteiger partial charge in [-0.2, -0.15) is 0 Å². The van der Waals surface area contributed by atoms with E-state index in [9.17, 15) is 8.78 Å². The molecule has 2 heteroatoms. The van der Waals surface area contributed by atoms with Crippen LogP contribution >= 0.6 is 0 Å². The van der Waals surface area contributed by atoms with Crippen molar-refractivity contribution >= 4 is 0 Å². The summed E-state index contributed by atoms with van der Waals surface area (Å²) in [6.45, 7) is 4.33. The summed E-state index contributed by atoms with van der Waals surface area (Å²) >= 11 is 0. The second-order valence-electron chi connectivity index (χ2n) is 8.47. The number of rotatable bonds is 5. The van der Waals surface area contributed by atoms with Gasteiger partial charge < -0.3 is 0 Å². The van der Waals surface area contributed by atoms with E-state index >= 15 is 0 Å². The van der Waals surface area contributed by atoms with Crippen molar-refractivity contribution in [2.24, 2.45) is 17.8 Å². The zero-order valence-corrected chi connectivity index (χ0v) is 16.0. The highest BCUT2D eigenvalue weighted by molar-refractivity contribution is 5.33. The molecule has 0 N–H and O–H groups in total. The lowest BCUT2D eigenvalue weighted by atomic mass is 9.67. The van der Waals surface area contributed by atoms with Crippen LogP contribution in [0.15, 0.2) is 12.1 Å². The Labute approximate surface area is 152 Å². The first-order chi connectivity index (χ1) is 12.1. The molecule has 2 fully saturated rings. The summed E-state index contributed by atoms with van der Waals surface area (Å²) in [6.07, 6.45) is 13.6. The Bertz CT molecular complexity index is 549. The zero-order chi connectivity index (χ0) is 17.8. The second-order valence-corrected chi connectivity index (χ2v) is 8.47. The summed E-state index contributed by atoms with van der Waals surface area (Å²) in [5, 5.41) is 0. The standard InChI is InChI=1S/C23H34F2/c1-3-5-16-6-8-18(9-7-16)19-10-12-20(13-11-19)22-17(4-2)14-15-21(24)23(22)25/h14-16,18-20H,3-13H2,1-2H3. The smallest absolute Gasteiger partial charge is 0.162 e. The zero-order valence-electron chi connectivity index (χ0n) is 16.0. The fourth-order valence-electron chi connectivity index (χ4n) is 5.59. The first kappa shape index (κ1) is 18.9. The van der Waals surface area contributed by atoms with Crippen molar-refractivity contribution < 1.29 is 8.78 Å². The average molecular weight is 349 g/mol. The molecule has 0 atom stereocenters. The van der Waals surface area contributed by atoms with Gasteiger partial charge in [0.15, 0.2) is 11.6 Å². The summed E-state index contributed by atoms with van der Waals surface area (Å²) in [5.74, 6) is 1.63. The third-order valence-electron chi connectivity index (χ3n) is 7.04. The van der Waals surface area contributed by atoms with Crippen LogP contribution in [0.4, 0.5) is 8.78 Å². The van der Waals surface area contributed by atoms with Crippen LogP contribution in [0.5, 0.6) is 0 Å². The third kappa shape index (κ3) is 4.26. The Balaban J connectivity index is 1.59. The molecular formula is C23H34F2. The van der Waals surface area contributed by atoms with Crippen LogP contribution in [0.3, 0.4) is 0 Å². The molecule has 25 heavy (non-hydrogen) atoms. The van der Waals surface area contributed by atoms with Crippen molar-refractivity contribution in [1.82, 2.24) is 0 Å². The molecule has 0 saturated heterocycles. The lowest BCUT2D eigenvalue weighted by molar-refractivity contribution is 0.155. The van der Waals surface area contributed by atoms with Crippen molar-refractivity contribution in [1.29, 1.82) is 0 Å². The summed E-state index contributed by atoms with van der Waals surface area (Å²) in [5.41, 5.74) is 1.69. The average Bonchev–Trinajstić information content (AvgIpc) is 2.65. The van der Waals surface area contributed by atoms with E-state index < -0.39 is 11.6 Å². The van der Waals surface area contributed by atoms with Crippen molar-refractivity contribution in [2.75, 3.05) is 0 Å². The first-order valence-corrected chi connectivity index (χ1v) is 10.6. The van der Waals surface area contributed by atoms with E-state index in [0.29, 0.717) is 5.56 Å². The fourth-order valence-corrected chi connectivity index (χ4v) is 5.59. The number of hydrogen-bond acceptors (Lipinski definition) is 0. The highest BCUT2D eigenvalue weighted by Crippen LogP contribution is 2.45. The van der Waals surface area contributed by atoms with Gasteiger partial charge in [-0.05, 0) is 85.8 Å². The van der Waals surface area contributed by atoms with Crippen LogP contribution in [0.25, 0.3) is 0 Å². The van der Waals surface area contributed by atoms with Gasteiger partial charge in [-0.15, -0.1) is 0 Å². The number of aryl methyl sites for hydroxylation is 1. The maximum atomic E-state index is 14.4. The van der Waals surface area contributed by atoms with Crippen LogP contribution < -0.4 is 0 Å². The molecule has 2 aliphatic carbocycles. The molecule has 0 aliphatic heterocycles. The molecule has 2 aliphatic rings. The highest BCUT2D eigenvalue weighted by Gasteiger charge is 2.32. The van der Waals surface area contributed by atoms with E-state index in [1.165, 1.54) is 57.4 Å². The normalized spacial score (nSPS) is 30.4. The van der Waals surface area contributed by atoms with Crippen molar-refractivity contribution in [3.05, 3.63) is 34.9 Å². The van der Waals surface area contributed by atoms with Gasteiger partial charge in [0.25, 0.3) is 0 Å². The minimum atomic E-state index is -0.677. The van der Waals surface area contributed by atoms with Crippen LogP contribution in [0.1, 0.15) is 95.1 Å². The predicted octanol–water partition coefficient (Wildman–Crippen LogP) is 7.41. The maximum absolute atomic E-state index is 14.4. The minimum absolute atomic E-state index is 0.221. The highest BCUT2D eigenvalue weighted by atomic mass is 19.2. The lowest BCUT2D eigenvalue weighted by Crippen LogP contribution is -2.26. The summed E-state index contributed by atoms with van der Waals surface area (Å²) in [7, 11) is 0. The lowest BCUT2D eigenvalue weighted by Gasteiger charge is -2.38. The van der Waals surface area contributed by atoms with Gasteiger partial charge in [-0.1, -0.05) is 45.6 Å². The molecule has 140 valence electrons. The second kappa shape index (κ2) is 8.64. The van der Waals surface area contributed by atoms with Crippen LogP contribution in [0, 0.1) is 29.4 Å². The number of halogens is 2. The van der Waals surface area contributed by atoms with Gasteiger partial charge >= 0.3 is 0 Å². The summed E-state index contributed by atoms with van der Waals surface area (Å²) < 4.78 is 28.2. The first-order valence-electron chi connectivity index (χ1n) is 10.6. The Morgan fingerprint density at radius 3 is 2.00 bits per heavy atom. The minimum Gasteiger partial charge on any atom is -0.204 e. The van der Waals surface area contributed by atoms with Gasteiger partial charge in [0, 0.05) is 0 Å². The predicted molar refractivity (Wildman–Crippen MR) is 101 cm³/mol. The van der Waals surface area contributed by atoms with E-state index in [-0.39, 0.29) is 5.92 Å². The molecule has 3 rings (SSSR count). The van der Waals surface area contributed by atoms with Crippen molar-refractivity contribution in [3.8, 4) is 0 Å². The molecule has 0 nitrogen and oxygen atoms in total. The molecule has 0 aromatic heterocycles. The van der Waals surface area contributed by atoms with E-state index in [4.69, 9.17) is 0 Å². The monoisotopic (exact) mass is 348 g/mol. The SMILES string of the molecule is CCCC1CCC(C2CCC(c3c(CC)ccc(F)c3F)CC2)CC1. The van der Waals surface area contributed by atoms with Crippen LogP contribution in [-0.4, -0.2) is 0 Å². The van der Waals surface area contributed by atoms with Gasteiger partial charge in [-0.3, -0.25) is 0 Å². The Hall–Kier alpha value is -0.920.